The monoisotopic (exact) mass is 347 g/mol. The topological polar surface area (TPSA) is 56.6 Å². The Hall–Kier alpha value is -2.15. The van der Waals surface area contributed by atoms with Crippen LogP contribution >= 0.6 is 11.8 Å². The zero-order chi connectivity index (χ0) is 17.1. The molecular weight excluding hydrogens is 326 g/mol. The van der Waals surface area contributed by atoms with E-state index in [4.69, 9.17) is 9.47 Å². The molecule has 2 unspecified atom stereocenters. The first kappa shape index (κ1) is 16.7. The average molecular weight is 347 g/mol. The van der Waals surface area contributed by atoms with Crippen molar-refractivity contribution in [1.82, 2.24) is 14.7 Å². The van der Waals surface area contributed by atoms with Crippen LogP contribution in [0.3, 0.4) is 0 Å². The minimum atomic E-state index is -0.335. The number of nitrogens with zero attached hydrogens (tertiary/aromatic N) is 3. The summed E-state index contributed by atoms with van der Waals surface area (Å²) in [4.78, 5) is 14.9. The second-order valence-corrected chi connectivity index (χ2v) is 6.71. The van der Waals surface area contributed by atoms with Crippen molar-refractivity contribution in [1.29, 1.82) is 0 Å². The van der Waals surface area contributed by atoms with E-state index in [-0.39, 0.29) is 17.3 Å². The Kier molecular flexibility index (Phi) is 4.99. The molecule has 24 heavy (non-hydrogen) atoms. The van der Waals surface area contributed by atoms with Gasteiger partial charge in [0.05, 0.1) is 14.2 Å². The maximum atomic E-state index is 13.0. The lowest BCUT2D eigenvalue weighted by atomic mass is 10.1. The van der Waals surface area contributed by atoms with E-state index in [0.29, 0.717) is 6.54 Å². The van der Waals surface area contributed by atoms with Crippen LogP contribution in [0.4, 0.5) is 0 Å². The molecule has 0 saturated carbocycles. The van der Waals surface area contributed by atoms with Gasteiger partial charge in [0.25, 0.3) is 0 Å². The van der Waals surface area contributed by atoms with E-state index in [1.165, 1.54) is 0 Å². The Bertz CT molecular complexity index is 705. The van der Waals surface area contributed by atoms with Crippen LogP contribution in [0.2, 0.25) is 0 Å². The van der Waals surface area contributed by atoms with Crippen LogP contribution in [0.5, 0.6) is 11.5 Å². The third-order valence-electron chi connectivity index (χ3n) is 4.16. The zero-order valence-corrected chi connectivity index (χ0v) is 14.8. The summed E-state index contributed by atoms with van der Waals surface area (Å²) in [5, 5.41) is 4.10. The van der Waals surface area contributed by atoms with E-state index in [1.807, 2.05) is 42.3 Å². The molecule has 3 rings (SSSR count). The maximum absolute atomic E-state index is 13.0. The predicted molar refractivity (Wildman–Crippen MR) is 93.4 cm³/mol. The fraction of sp³-hybridized carbons (Fsp3) is 0.412. The molecule has 2 aromatic rings. The van der Waals surface area contributed by atoms with Crippen molar-refractivity contribution in [2.45, 2.75) is 18.3 Å². The highest BCUT2D eigenvalue weighted by atomic mass is 32.2. The Morgan fingerprint density at radius 3 is 2.88 bits per heavy atom. The van der Waals surface area contributed by atoms with Gasteiger partial charge in [-0.3, -0.25) is 9.48 Å². The molecule has 128 valence electrons. The molecule has 0 N–H and O–H groups in total. The smallest absolute Gasteiger partial charge is 0.248 e. The third-order valence-corrected chi connectivity index (χ3v) is 5.40. The molecule has 2 atom stereocenters. The first-order valence-electron chi connectivity index (χ1n) is 7.79. The number of hydrogen-bond acceptors (Lipinski definition) is 5. The van der Waals surface area contributed by atoms with Gasteiger partial charge in [-0.25, -0.2) is 0 Å². The summed E-state index contributed by atoms with van der Waals surface area (Å²) in [6, 6.07) is 7.18. The van der Waals surface area contributed by atoms with Gasteiger partial charge in [-0.15, -0.1) is 11.8 Å². The maximum Gasteiger partial charge on any atom is 0.248 e. The number of carbonyl (C=O) groups is 1. The lowest BCUT2D eigenvalue weighted by molar-refractivity contribution is -0.134. The Morgan fingerprint density at radius 2 is 2.21 bits per heavy atom. The number of methoxy groups -OCH3 is 2. The van der Waals surface area contributed by atoms with Gasteiger partial charge in [0.1, 0.15) is 22.9 Å². The molecule has 7 heteroatoms. The number of hydrogen-bond donors (Lipinski definition) is 0. The lowest BCUT2D eigenvalue weighted by Crippen LogP contribution is -2.36. The van der Waals surface area contributed by atoms with Crippen LogP contribution in [-0.2, 0) is 4.79 Å². The summed E-state index contributed by atoms with van der Waals surface area (Å²) in [7, 11) is 3.28. The SMILES string of the molecule is COc1ccc(OC)c(C2SCCN2C(=O)C(C)n2cccn2)c1. The second kappa shape index (κ2) is 7.17. The van der Waals surface area contributed by atoms with Crippen LogP contribution in [0.15, 0.2) is 36.7 Å². The Balaban J connectivity index is 1.89. The van der Waals surface area contributed by atoms with Gasteiger partial charge in [-0.05, 0) is 31.2 Å². The highest BCUT2D eigenvalue weighted by molar-refractivity contribution is 7.99. The van der Waals surface area contributed by atoms with Gasteiger partial charge >= 0.3 is 0 Å². The van der Waals surface area contributed by atoms with Crippen molar-refractivity contribution in [2.75, 3.05) is 26.5 Å². The van der Waals surface area contributed by atoms with Crippen LogP contribution in [0.1, 0.15) is 23.9 Å². The number of thioether (sulfide) groups is 1. The van der Waals surface area contributed by atoms with Crippen LogP contribution in [0.25, 0.3) is 0 Å². The molecule has 1 aliphatic heterocycles. The van der Waals surface area contributed by atoms with Gasteiger partial charge in [0.15, 0.2) is 0 Å². The number of carbonyl (C=O) groups excluding carboxylic acids is 1. The summed E-state index contributed by atoms with van der Waals surface area (Å²) in [5.41, 5.74) is 0.959. The highest BCUT2D eigenvalue weighted by Crippen LogP contribution is 2.43. The standard InChI is InChI=1S/C17H21N3O3S/c1-12(20-8-4-7-18-20)16(21)19-9-10-24-17(19)14-11-13(22-2)5-6-15(14)23-3/h4-8,11-12,17H,9-10H2,1-3H3. The number of amides is 1. The van der Waals surface area contributed by atoms with E-state index >= 15 is 0 Å². The van der Waals surface area contributed by atoms with Crippen molar-refractivity contribution in [3.63, 3.8) is 0 Å². The first-order valence-corrected chi connectivity index (χ1v) is 8.83. The summed E-state index contributed by atoms with van der Waals surface area (Å²) < 4.78 is 12.5. The summed E-state index contributed by atoms with van der Waals surface area (Å²) in [6.45, 7) is 2.58. The fourth-order valence-electron chi connectivity index (χ4n) is 2.85. The minimum absolute atomic E-state index is 0.0542. The van der Waals surface area contributed by atoms with Crippen molar-refractivity contribution < 1.29 is 14.3 Å². The van der Waals surface area contributed by atoms with Gasteiger partial charge in [-0.2, -0.15) is 5.10 Å². The average Bonchev–Trinajstić information content (AvgIpc) is 3.31. The molecule has 1 fully saturated rings. The summed E-state index contributed by atoms with van der Waals surface area (Å²) in [6.07, 6.45) is 3.50. The number of rotatable bonds is 5. The van der Waals surface area contributed by atoms with E-state index in [1.54, 1.807) is 36.9 Å². The van der Waals surface area contributed by atoms with Crippen molar-refractivity contribution in [3.05, 3.63) is 42.2 Å². The molecule has 1 aromatic carbocycles. The quantitative estimate of drug-likeness (QED) is 0.832. The predicted octanol–water partition coefficient (Wildman–Crippen LogP) is 2.74. The van der Waals surface area contributed by atoms with Crippen LogP contribution < -0.4 is 9.47 Å². The summed E-state index contributed by atoms with van der Waals surface area (Å²) >= 11 is 1.74. The largest absolute Gasteiger partial charge is 0.497 e. The molecule has 1 amide bonds. The Morgan fingerprint density at radius 1 is 1.38 bits per heavy atom. The Labute approximate surface area is 145 Å². The first-order chi connectivity index (χ1) is 11.7. The molecule has 0 bridgehead atoms. The molecule has 1 aliphatic rings. The van der Waals surface area contributed by atoms with Crippen LogP contribution in [-0.4, -0.2) is 47.1 Å². The molecule has 0 aliphatic carbocycles. The van der Waals surface area contributed by atoms with Crippen molar-refractivity contribution >= 4 is 17.7 Å². The fourth-order valence-corrected chi connectivity index (χ4v) is 4.13. The summed E-state index contributed by atoms with van der Waals surface area (Å²) in [5.74, 6) is 2.46. The molecule has 2 heterocycles. The molecule has 0 radical (unpaired) electrons. The number of ether oxygens (including phenoxy) is 2. The van der Waals surface area contributed by atoms with Gasteiger partial charge < -0.3 is 14.4 Å². The highest BCUT2D eigenvalue weighted by Gasteiger charge is 2.35. The van der Waals surface area contributed by atoms with Gasteiger partial charge in [0, 0.05) is 30.3 Å². The molecular formula is C17H21N3O3S. The third kappa shape index (κ3) is 3.08. The number of benzene rings is 1. The number of aromatic nitrogens is 2. The van der Waals surface area contributed by atoms with Crippen LogP contribution in [0, 0.1) is 0 Å². The second-order valence-electron chi connectivity index (χ2n) is 5.52. The molecule has 0 spiro atoms. The van der Waals surface area contributed by atoms with Crippen molar-refractivity contribution in [3.8, 4) is 11.5 Å². The van der Waals surface area contributed by atoms with E-state index in [9.17, 15) is 4.79 Å². The van der Waals surface area contributed by atoms with Gasteiger partial charge in [-0.1, -0.05) is 0 Å². The van der Waals surface area contributed by atoms with E-state index in [2.05, 4.69) is 5.10 Å². The van der Waals surface area contributed by atoms with Crippen molar-refractivity contribution in [2.24, 2.45) is 0 Å². The molecule has 6 nitrogen and oxygen atoms in total. The molecule has 1 aromatic heterocycles. The van der Waals surface area contributed by atoms with E-state index in [0.717, 1.165) is 22.8 Å². The van der Waals surface area contributed by atoms with Gasteiger partial charge in [0.2, 0.25) is 5.91 Å². The molecule has 1 saturated heterocycles. The minimum Gasteiger partial charge on any atom is -0.497 e. The normalized spacial score (nSPS) is 18.5. The van der Waals surface area contributed by atoms with E-state index < -0.39 is 0 Å². The lowest BCUT2D eigenvalue weighted by Gasteiger charge is -2.28. The zero-order valence-electron chi connectivity index (χ0n) is 14.0.